The van der Waals surface area contributed by atoms with Gasteiger partial charge in [-0.1, -0.05) is 13.3 Å². The van der Waals surface area contributed by atoms with E-state index in [0.717, 1.165) is 19.3 Å². The molecule has 5 heteroatoms. The van der Waals surface area contributed by atoms with Crippen LogP contribution < -0.4 is 10.6 Å². The molecule has 5 nitrogen and oxygen atoms in total. The van der Waals surface area contributed by atoms with Crippen molar-refractivity contribution in [3.05, 3.63) is 30.1 Å². The van der Waals surface area contributed by atoms with Crippen molar-refractivity contribution >= 4 is 11.8 Å². The average molecular weight is 263 g/mol. The summed E-state index contributed by atoms with van der Waals surface area (Å²) < 4.78 is 0. The Bertz CT molecular complexity index is 393. The summed E-state index contributed by atoms with van der Waals surface area (Å²) in [6.07, 6.45) is 6.41. The van der Waals surface area contributed by atoms with Gasteiger partial charge in [-0.25, -0.2) is 0 Å². The molecule has 1 heterocycles. The lowest BCUT2D eigenvalue weighted by Gasteiger charge is -2.06. The Morgan fingerprint density at radius 2 is 2.00 bits per heavy atom. The van der Waals surface area contributed by atoms with Crippen molar-refractivity contribution in [3.63, 3.8) is 0 Å². The van der Waals surface area contributed by atoms with Crippen molar-refractivity contribution in [2.24, 2.45) is 0 Å². The number of carbonyl (C=O) groups is 2. The highest BCUT2D eigenvalue weighted by atomic mass is 16.2. The van der Waals surface area contributed by atoms with E-state index in [4.69, 9.17) is 0 Å². The number of hydrogen-bond donors (Lipinski definition) is 2. The highest BCUT2D eigenvalue weighted by molar-refractivity contribution is 5.93. The Morgan fingerprint density at radius 1 is 1.21 bits per heavy atom. The standard InChI is InChI=1S/C14H21N3O2/c1-2-3-7-13(18)16-9-5-10-17-14(19)12-6-4-8-15-11-12/h4,6,8,11H,2-3,5,7,9-10H2,1H3,(H,16,18)(H,17,19). The zero-order valence-corrected chi connectivity index (χ0v) is 11.3. The quantitative estimate of drug-likeness (QED) is 0.698. The van der Waals surface area contributed by atoms with Gasteiger partial charge in [0.2, 0.25) is 5.91 Å². The van der Waals surface area contributed by atoms with Gasteiger partial charge in [0.15, 0.2) is 0 Å². The molecule has 0 atom stereocenters. The van der Waals surface area contributed by atoms with Gasteiger partial charge in [-0.2, -0.15) is 0 Å². The van der Waals surface area contributed by atoms with E-state index in [1.54, 1.807) is 18.3 Å². The highest BCUT2D eigenvalue weighted by Gasteiger charge is 2.04. The van der Waals surface area contributed by atoms with Crippen LogP contribution in [-0.2, 0) is 4.79 Å². The minimum Gasteiger partial charge on any atom is -0.356 e. The largest absolute Gasteiger partial charge is 0.356 e. The Kier molecular flexibility index (Phi) is 7.24. The molecular formula is C14H21N3O2. The summed E-state index contributed by atoms with van der Waals surface area (Å²) in [5, 5.41) is 5.61. The molecule has 0 spiro atoms. The molecule has 1 aromatic heterocycles. The first-order valence-electron chi connectivity index (χ1n) is 6.69. The number of unbranched alkanes of at least 4 members (excludes halogenated alkanes) is 1. The first kappa shape index (κ1) is 15.1. The van der Waals surface area contributed by atoms with Crippen molar-refractivity contribution < 1.29 is 9.59 Å². The Balaban J connectivity index is 2.08. The summed E-state index contributed by atoms with van der Waals surface area (Å²) in [7, 11) is 0. The van der Waals surface area contributed by atoms with Crippen molar-refractivity contribution in [2.75, 3.05) is 13.1 Å². The molecule has 1 rings (SSSR count). The van der Waals surface area contributed by atoms with Crippen LogP contribution in [0.2, 0.25) is 0 Å². The highest BCUT2D eigenvalue weighted by Crippen LogP contribution is 1.95. The van der Waals surface area contributed by atoms with Crippen LogP contribution in [0, 0.1) is 0 Å². The number of pyridine rings is 1. The van der Waals surface area contributed by atoms with E-state index in [1.807, 2.05) is 0 Å². The Morgan fingerprint density at radius 3 is 2.68 bits per heavy atom. The van der Waals surface area contributed by atoms with E-state index >= 15 is 0 Å². The van der Waals surface area contributed by atoms with E-state index < -0.39 is 0 Å². The fourth-order valence-corrected chi connectivity index (χ4v) is 1.54. The second kappa shape index (κ2) is 9.08. The molecule has 0 aliphatic carbocycles. The van der Waals surface area contributed by atoms with Gasteiger partial charge in [0, 0.05) is 31.9 Å². The number of rotatable bonds is 8. The summed E-state index contributed by atoms with van der Waals surface area (Å²) >= 11 is 0. The lowest BCUT2D eigenvalue weighted by molar-refractivity contribution is -0.121. The predicted molar refractivity (Wildman–Crippen MR) is 73.7 cm³/mol. The van der Waals surface area contributed by atoms with E-state index in [9.17, 15) is 9.59 Å². The average Bonchev–Trinajstić information content (AvgIpc) is 2.45. The normalized spacial score (nSPS) is 9.95. The fourth-order valence-electron chi connectivity index (χ4n) is 1.54. The Hall–Kier alpha value is -1.91. The molecular weight excluding hydrogens is 242 g/mol. The van der Waals surface area contributed by atoms with Crippen LogP contribution in [0.4, 0.5) is 0 Å². The summed E-state index contributed by atoms with van der Waals surface area (Å²) in [5.74, 6) is -0.0501. The van der Waals surface area contributed by atoms with Gasteiger partial charge in [-0.3, -0.25) is 14.6 Å². The van der Waals surface area contributed by atoms with Gasteiger partial charge in [0.05, 0.1) is 5.56 Å². The summed E-state index contributed by atoms with van der Waals surface area (Å²) in [6, 6.07) is 3.44. The van der Waals surface area contributed by atoms with Crippen molar-refractivity contribution in [1.29, 1.82) is 0 Å². The molecule has 0 radical (unpaired) electrons. The zero-order chi connectivity index (χ0) is 13.9. The number of nitrogens with zero attached hydrogens (tertiary/aromatic N) is 1. The second-order valence-corrected chi connectivity index (χ2v) is 4.30. The van der Waals surface area contributed by atoms with Crippen LogP contribution in [-0.4, -0.2) is 29.9 Å². The van der Waals surface area contributed by atoms with Crippen LogP contribution >= 0.6 is 0 Å². The smallest absolute Gasteiger partial charge is 0.252 e. The molecule has 2 N–H and O–H groups in total. The molecule has 0 bridgehead atoms. The van der Waals surface area contributed by atoms with E-state index in [2.05, 4.69) is 22.5 Å². The molecule has 0 unspecified atom stereocenters. The first-order valence-corrected chi connectivity index (χ1v) is 6.69. The van der Waals surface area contributed by atoms with E-state index in [0.29, 0.717) is 25.1 Å². The molecule has 0 aliphatic rings. The van der Waals surface area contributed by atoms with Crippen molar-refractivity contribution in [3.8, 4) is 0 Å². The van der Waals surface area contributed by atoms with E-state index in [1.165, 1.54) is 6.20 Å². The molecule has 0 saturated carbocycles. The van der Waals surface area contributed by atoms with Crippen LogP contribution in [0.1, 0.15) is 43.0 Å². The molecule has 2 amide bonds. The topological polar surface area (TPSA) is 71.1 Å². The van der Waals surface area contributed by atoms with Gasteiger partial charge in [-0.15, -0.1) is 0 Å². The maximum atomic E-state index is 11.6. The number of amides is 2. The summed E-state index contributed by atoms with van der Waals surface area (Å²) in [5.41, 5.74) is 0.550. The monoisotopic (exact) mass is 263 g/mol. The molecule has 19 heavy (non-hydrogen) atoms. The van der Waals surface area contributed by atoms with Gasteiger partial charge in [-0.05, 0) is 25.0 Å². The van der Waals surface area contributed by atoms with Crippen LogP contribution in [0.3, 0.4) is 0 Å². The fraction of sp³-hybridized carbons (Fsp3) is 0.500. The lowest BCUT2D eigenvalue weighted by atomic mass is 10.2. The van der Waals surface area contributed by atoms with Gasteiger partial charge in [0.25, 0.3) is 5.91 Å². The lowest BCUT2D eigenvalue weighted by Crippen LogP contribution is -2.29. The van der Waals surface area contributed by atoms with Gasteiger partial charge in [0.1, 0.15) is 0 Å². The van der Waals surface area contributed by atoms with E-state index in [-0.39, 0.29) is 11.8 Å². The number of nitrogens with one attached hydrogen (secondary N) is 2. The maximum Gasteiger partial charge on any atom is 0.252 e. The summed E-state index contributed by atoms with van der Waals surface area (Å²) in [4.78, 5) is 26.8. The van der Waals surface area contributed by atoms with Gasteiger partial charge < -0.3 is 10.6 Å². The Labute approximate surface area is 113 Å². The molecule has 1 aromatic rings. The minimum atomic E-state index is -0.134. The molecule has 0 saturated heterocycles. The second-order valence-electron chi connectivity index (χ2n) is 4.30. The predicted octanol–water partition coefficient (Wildman–Crippen LogP) is 1.51. The third kappa shape index (κ3) is 6.55. The zero-order valence-electron chi connectivity index (χ0n) is 11.3. The number of aromatic nitrogens is 1. The molecule has 104 valence electrons. The SMILES string of the molecule is CCCCC(=O)NCCCNC(=O)c1cccnc1. The number of hydrogen-bond acceptors (Lipinski definition) is 3. The third-order valence-corrected chi connectivity index (χ3v) is 2.64. The molecule has 0 fully saturated rings. The molecule has 0 aromatic carbocycles. The van der Waals surface area contributed by atoms with Gasteiger partial charge >= 0.3 is 0 Å². The number of carbonyl (C=O) groups excluding carboxylic acids is 2. The summed E-state index contributed by atoms with van der Waals surface area (Å²) in [6.45, 7) is 3.19. The van der Waals surface area contributed by atoms with Crippen LogP contribution in [0.25, 0.3) is 0 Å². The van der Waals surface area contributed by atoms with Crippen LogP contribution in [0.5, 0.6) is 0 Å². The maximum absolute atomic E-state index is 11.6. The molecule has 0 aliphatic heterocycles. The van der Waals surface area contributed by atoms with Crippen molar-refractivity contribution in [2.45, 2.75) is 32.6 Å². The third-order valence-electron chi connectivity index (χ3n) is 2.64. The van der Waals surface area contributed by atoms with Crippen molar-refractivity contribution in [1.82, 2.24) is 15.6 Å². The van der Waals surface area contributed by atoms with Crippen LogP contribution in [0.15, 0.2) is 24.5 Å². The minimum absolute atomic E-state index is 0.0837. The first-order chi connectivity index (χ1) is 9.24.